The molecule has 1 fully saturated rings. The smallest absolute Gasteiger partial charge is 0.332 e. The van der Waals surface area contributed by atoms with Gasteiger partial charge in [-0.25, -0.2) is 0 Å². The summed E-state index contributed by atoms with van der Waals surface area (Å²) >= 11 is 0. The molecular weight excluding hydrogens is 237 g/mol. The van der Waals surface area contributed by atoms with E-state index in [1.165, 1.54) is 0 Å². The normalized spacial score (nSPS) is 26.4. The van der Waals surface area contributed by atoms with Crippen LogP contribution in [0.15, 0.2) is 0 Å². The van der Waals surface area contributed by atoms with Crippen LogP contribution in [-0.4, -0.2) is 45.4 Å². The average molecular weight is 251 g/mol. The number of aliphatic carboxylic acids is 1. The highest BCUT2D eigenvalue weighted by atomic mass is 31.2. The Morgan fingerprint density at radius 2 is 2.00 bits per heavy atom. The van der Waals surface area contributed by atoms with E-state index in [4.69, 9.17) is 14.9 Å². The Hall–Kier alpha value is -0.750. The molecule has 0 amide bonds. The van der Waals surface area contributed by atoms with Gasteiger partial charge in [0.2, 0.25) is 0 Å². The first-order valence-corrected chi connectivity index (χ1v) is 6.64. The minimum Gasteiger partial charge on any atom is -0.480 e. The quantitative estimate of drug-likeness (QED) is 0.481. The van der Waals surface area contributed by atoms with Gasteiger partial charge in [-0.3, -0.25) is 14.2 Å². The lowest BCUT2D eigenvalue weighted by atomic mass is 9.88. The fourth-order valence-electron chi connectivity index (χ4n) is 1.82. The summed E-state index contributed by atoms with van der Waals surface area (Å²) in [7, 11) is -4.42. The molecule has 4 N–H and O–H groups in total. The molecule has 0 aliphatic carbocycles. The highest BCUT2D eigenvalue weighted by Gasteiger charge is 2.37. The number of Topliss-reactive ketones (excluding diaryl/α,β-unsaturated/α-hetero) is 1. The van der Waals surface area contributed by atoms with Gasteiger partial charge in [0.25, 0.3) is 0 Å². The van der Waals surface area contributed by atoms with Crippen molar-refractivity contribution in [2.24, 2.45) is 5.92 Å². The molecule has 7 nitrogen and oxygen atoms in total. The highest BCUT2D eigenvalue weighted by Crippen LogP contribution is 2.36. The number of hydrogen-bond donors (Lipinski definition) is 4. The van der Waals surface area contributed by atoms with Gasteiger partial charge < -0.3 is 20.2 Å². The molecule has 8 heteroatoms. The van der Waals surface area contributed by atoms with Crippen LogP contribution in [0.1, 0.15) is 12.8 Å². The molecule has 0 bridgehead atoms. The maximum atomic E-state index is 11.5. The van der Waals surface area contributed by atoms with E-state index < -0.39 is 37.5 Å². The topological polar surface area (TPSA) is 124 Å². The van der Waals surface area contributed by atoms with Gasteiger partial charge >= 0.3 is 13.6 Å². The molecule has 1 rings (SSSR count). The second-order valence-electron chi connectivity index (χ2n) is 3.81. The number of hydrogen-bond acceptors (Lipinski definition) is 4. The van der Waals surface area contributed by atoms with Crippen molar-refractivity contribution in [3.8, 4) is 0 Å². The van der Waals surface area contributed by atoms with Crippen LogP contribution in [0.2, 0.25) is 0 Å². The van der Waals surface area contributed by atoms with Gasteiger partial charge in [0.15, 0.2) is 0 Å². The van der Waals surface area contributed by atoms with E-state index in [0.717, 1.165) is 0 Å². The first-order valence-electron chi connectivity index (χ1n) is 4.85. The molecule has 1 unspecified atom stereocenters. The van der Waals surface area contributed by atoms with Crippen molar-refractivity contribution in [3.63, 3.8) is 0 Å². The molecule has 16 heavy (non-hydrogen) atoms. The summed E-state index contributed by atoms with van der Waals surface area (Å²) in [5.41, 5.74) is 0. The van der Waals surface area contributed by atoms with E-state index >= 15 is 0 Å². The summed E-state index contributed by atoms with van der Waals surface area (Å²) < 4.78 is 10.7. The summed E-state index contributed by atoms with van der Waals surface area (Å²) in [5.74, 6) is -2.70. The van der Waals surface area contributed by atoms with Gasteiger partial charge in [0.05, 0.1) is 0 Å². The third-order valence-electron chi connectivity index (χ3n) is 2.50. The fraction of sp³-hybridized carbons (Fsp3) is 0.750. The van der Waals surface area contributed by atoms with Crippen LogP contribution >= 0.6 is 7.60 Å². The Balaban J connectivity index is 2.72. The van der Waals surface area contributed by atoms with E-state index in [9.17, 15) is 14.2 Å². The maximum absolute atomic E-state index is 11.5. The molecule has 1 heterocycles. The van der Waals surface area contributed by atoms with Crippen molar-refractivity contribution in [1.29, 1.82) is 0 Å². The number of rotatable bonds is 4. The second kappa shape index (κ2) is 5.05. The minimum absolute atomic E-state index is 0.350. The number of piperidine rings is 1. The minimum atomic E-state index is -4.42. The molecule has 92 valence electrons. The zero-order chi connectivity index (χ0) is 12.3. The van der Waals surface area contributed by atoms with Crippen LogP contribution in [0, 0.1) is 5.92 Å². The summed E-state index contributed by atoms with van der Waals surface area (Å²) in [5, 5.41) is 11.5. The zero-order valence-corrected chi connectivity index (χ0v) is 9.39. The average Bonchev–Trinajstić information content (AvgIpc) is 2.15. The van der Waals surface area contributed by atoms with Gasteiger partial charge in [0.1, 0.15) is 18.0 Å². The van der Waals surface area contributed by atoms with Crippen LogP contribution < -0.4 is 5.32 Å². The molecule has 1 saturated heterocycles. The van der Waals surface area contributed by atoms with E-state index in [2.05, 4.69) is 5.32 Å². The van der Waals surface area contributed by atoms with Gasteiger partial charge in [-0.1, -0.05) is 0 Å². The predicted octanol–water partition coefficient (Wildman–Crippen LogP) is -0.814. The number of nitrogens with one attached hydrogen (secondary N) is 1. The van der Waals surface area contributed by atoms with Crippen molar-refractivity contribution in [3.05, 3.63) is 0 Å². The largest absolute Gasteiger partial charge is 0.480 e. The maximum Gasteiger partial charge on any atom is 0.332 e. The standard InChI is InChI=1S/C8H14NO6P/c10-6(4-16(13,14)15)5-2-1-3-9-7(5)8(11)12/h5,7,9H,1-4H2,(H,11,12)(H2,13,14,15)/t5-,7?/m0/s1. The van der Waals surface area contributed by atoms with Crippen molar-refractivity contribution >= 4 is 19.3 Å². The van der Waals surface area contributed by atoms with Gasteiger partial charge in [-0.2, -0.15) is 0 Å². The first-order chi connectivity index (χ1) is 7.31. The van der Waals surface area contributed by atoms with Crippen LogP contribution in [0.5, 0.6) is 0 Å². The number of carbonyl (C=O) groups is 2. The Morgan fingerprint density at radius 3 is 2.50 bits per heavy atom. The SMILES string of the molecule is O=C(O)C1NCCC[C@H]1C(=O)CP(=O)(O)O. The summed E-state index contributed by atoms with van der Waals surface area (Å²) in [6, 6.07) is -1.03. The van der Waals surface area contributed by atoms with Gasteiger partial charge in [0, 0.05) is 5.92 Å². The highest BCUT2D eigenvalue weighted by molar-refractivity contribution is 7.52. The van der Waals surface area contributed by atoms with Crippen LogP contribution in [0.4, 0.5) is 0 Å². The number of carboxylic acids is 1. The van der Waals surface area contributed by atoms with E-state index in [1.54, 1.807) is 0 Å². The monoisotopic (exact) mass is 251 g/mol. The van der Waals surface area contributed by atoms with Crippen LogP contribution in [0.3, 0.4) is 0 Å². The van der Waals surface area contributed by atoms with Crippen LogP contribution in [0.25, 0.3) is 0 Å². The Kier molecular flexibility index (Phi) is 4.21. The van der Waals surface area contributed by atoms with E-state index in [1.807, 2.05) is 0 Å². The van der Waals surface area contributed by atoms with E-state index in [-0.39, 0.29) is 0 Å². The summed E-state index contributed by atoms with van der Waals surface area (Å²) in [6.45, 7) is 0.497. The first kappa shape index (κ1) is 13.3. The van der Waals surface area contributed by atoms with Crippen molar-refractivity contribution in [2.75, 3.05) is 12.7 Å². The molecule has 0 saturated carbocycles. The lowest BCUT2D eigenvalue weighted by molar-refractivity contribution is -0.144. The second-order valence-corrected chi connectivity index (χ2v) is 5.45. The fourth-order valence-corrected chi connectivity index (χ4v) is 2.46. The lowest BCUT2D eigenvalue weighted by Gasteiger charge is -2.28. The lowest BCUT2D eigenvalue weighted by Crippen LogP contribution is -2.50. The molecule has 0 aromatic rings. The van der Waals surface area contributed by atoms with E-state index in [0.29, 0.717) is 19.4 Å². The Morgan fingerprint density at radius 1 is 1.38 bits per heavy atom. The number of ketones is 1. The zero-order valence-electron chi connectivity index (χ0n) is 8.50. The molecule has 1 aliphatic rings. The molecule has 0 aromatic heterocycles. The summed E-state index contributed by atoms with van der Waals surface area (Å²) in [6.07, 6.45) is 0.0905. The van der Waals surface area contributed by atoms with Crippen molar-refractivity contribution < 1.29 is 29.0 Å². The molecule has 0 radical (unpaired) electrons. The third-order valence-corrected chi connectivity index (χ3v) is 3.22. The molecule has 2 atom stereocenters. The van der Waals surface area contributed by atoms with Crippen molar-refractivity contribution in [2.45, 2.75) is 18.9 Å². The predicted molar refractivity (Wildman–Crippen MR) is 54.1 cm³/mol. The molecular formula is C8H14NO6P. The number of carbonyl (C=O) groups excluding carboxylic acids is 1. The van der Waals surface area contributed by atoms with Crippen molar-refractivity contribution in [1.82, 2.24) is 5.32 Å². The Labute approximate surface area is 92.0 Å². The molecule has 0 spiro atoms. The van der Waals surface area contributed by atoms with Crippen LogP contribution in [-0.2, 0) is 14.2 Å². The number of carboxylic acid groups (broad SMARTS) is 1. The molecule has 0 aromatic carbocycles. The molecule has 1 aliphatic heterocycles. The van der Waals surface area contributed by atoms with Gasteiger partial charge in [-0.05, 0) is 19.4 Å². The van der Waals surface area contributed by atoms with Gasteiger partial charge in [-0.15, -0.1) is 0 Å². The summed E-state index contributed by atoms with van der Waals surface area (Å²) in [4.78, 5) is 39.7. The Bertz CT molecular complexity index is 337. The third kappa shape index (κ3) is 3.68.